The summed E-state index contributed by atoms with van der Waals surface area (Å²) < 4.78 is 4.51. The Morgan fingerprint density at radius 3 is 2.80 bits per heavy atom. The average molecular weight is 435 g/mol. The number of aliphatic hydroxyl groups is 1. The maximum atomic E-state index is 13.8. The minimum atomic E-state index is -0.826. The van der Waals surface area contributed by atoms with Crippen LogP contribution in [-0.4, -0.2) is 81.1 Å². The molecule has 1 spiro atoms. The second-order valence-electron chi connectivity index (χ2n) is 8.57. The van der Waals surface area contributed by atoms with Crippen molar-refractivity contribution in [3.63, 3.8) is 0 Å². The van der Waals surface area contributed by atoms with E-state index in [1.165, 1.54) is 11.8 Å². The highest BCUT2D eigenvalue weighted by Gasteiger charge is 2.71. The monoisotopic (exact) mass is 434 g/mol. The van der Waals surface area contributed by atoms with Gasteiger partial charge in [0, 0.05) is 18.3 Å². The lowest BCUT2D eigenvalue weighted by Crippen LogP contribution is -2.56. The number of carbonyl (C=O) groups excluding carboxylic acids is 3. The van der Waals surface area contributed by atoms with Crippen LogP contribution in [0.2, 0.25) is 0 Å². The van der Waals surface area contributed by atoms with Gasteiger partial charge in [-0.25, -0.2) is 0 Å². The molecule has 4 rings (SSSR count). The predicted molar refractivity (Wildman–Crippen MR) is 114 cm³/mol. The molecule has 8 heteroatoms. The fourth-order valence-corrected chi connectivity index (χ4v) is 7.26. The van der Waals surface area contributed by atoms with E-state index in [1.807, 2.05) is 29.2 Å². The third-order valence-electron chi connectivity index (χ3n) is 6.71. The van der Waals surface area contributed by atoms with E-state index in [1.54, 1.807) is 11.8 Å². The van der Waals surface area contributed by atoms with Gasteiger partial charge in [-0.05, 0) is 13.3 Å². The largest absolute Gasteiger partial charge is 0.461 e. The highest BCUT2D eigenvalue weighted by molar-refractivity contribution is 8.02. The number of likely N-dealkylation sites (tertiary alicyclic amines) is 1. The molecule has 2 fully saturated rings. The molecule has 2 amide bonds. The molecule has 0 saturated carbocycles. The first-order valence-corrected chi connectivity index (χ1v) is 11.7. The van der Waals surface area contributed by atoms with Gasteiger partial charge in [0.05, 0.1) is 29.2 Å². The topological polar surface area (TPSA) is 87.2 Å². The van der Waals surface area contributed by atoms with Crippen LogP contribution >= 0.6 is 11.8 Å². The average Bonchev–Trinajstić information content (AvgIpc) is 3.04. The highest BCUT2D eigenvalue weighted by Crippen LogP contribution is 2.61. The number of fused-ring (bicyclic) bond motifs is 2. The molecular formula is C22H30N2O5S. The molecule has 1 N–H and O–H groups in total. The van der Waals surface area contributed by atoms with Gasteiger partial charge in [-0.3, -0.25) is 14.4 Å². The molecule has 4 heterocycles. The SMILES string of the molecule is CCCCCN1CC=C[C@]23S[C@H]4C=CCOC(=O)[C@H]4[C@H]2C(=O)N([C@H](C)CO)C3C1=O. The second-order valence-corrected chi connectivity index (χ2v) is 10.1. The van der Waals surface area contributed by atoms with Crippen molar-refractivity contribution in [2.24, 2.45) is 11.8 Å². The Labute approximate surface area is 181 Å². The maximum Gasteiger partial charge on any atom is 0.311 e. The van der Waals surface area contributed by atoms with E-state index in [0.717, 1.165) is 19.3 Å². The van der Waals surface area contributed by atoms with Gasteiger partial charge in [0.25, 0.3) is 0 Å². The standard InChI is InChI=1S/C22H30N2O5S/c1-3-4-5-10-23-11-7-9-22-17(16-15(30-22)8-6-12-29-21(16)28)19(26)24(14(2)13-25)18(22)20(23)27/h6-9,14-18,25H,3-5,10-13H2,1-2H3/t14-,15+,16-,17+,18?,22+/m1/s1. The second kappa shape index (κ2) is 8.38. The summed E-state index contributed by atoms with van der Waals surface area (Å²) in [4.78, 5) is 43.6. The molecule has 4 aliphatic heterocycles. The molecule has 0 aromatic heterocycles. The van der Waals surface area contributed by atoms with Gasteiger partial charge >= 0.3 is 5.97 Å². The quantitative estimate of drug-likeness (QED) is 0.386. The summed E-state index contributed by atoms with van der Waals surface area (Å²) in [5, 5.41) is 9.64. The van der Waals surface area contributed by atoms with Crippen LogP contribution in [0.4, 0.5) is 0 Å². The van der Waals surface area contributed by atoms with E-state index in [9.17, 15) is 19.5 Å². The van der Waals surface area contributed by atoms with Crippen molar-refractivity contribution < 1.29 is 24.2 Å². The normalized spacial score (nSPS) is 36.2. The number of cyclic esters (lactones) is 1. The number of rotatable bonds is 6. The molecule has 7 nitrogen and oxygen atoms in total. The third-order valence-corrected chi connectivity index (χ3v) is 8.45. The van der Waals surface area contributed by atoms with E-state index < -0.39 is 28.7 Å². The summed E-state index contributed by atoms with van der Waals surface area (Å²) >= 11 is 1.53. The first-order chi connectivity index (χ1) is 14.5. The van der Waals surface area contributed by atoms with E-state index in [0.29, 0.717) is 13.1 Å². The number of carbonyl (C=O) groups is 3. The summed E-state index contributed by atoms with van der Waals surface area (Å²) in [5.74, 6) is -1.99. The Balaban J connectivity index is 1.77. The zero-order valence-electron chi connectivity index (χ0n) is 17.5. The highest BCUT2D eigenvalue weighted by atomic mass is 32.2. The Morgan fingerprint density at radius 1 is 1.27 bits per heavy atom. The first kappa shape index (κ1) is 21.4. The van der Waals surface area contributed by atoms with Crippen molar-refractivity contribution in [2.75, 3.05) is 26.3 Å². The number of hydrogen-bond acceptors (Lipinski definition) is 6. The summed E-state index contributed by atoms with van der Waals surface area (Å²) in [6.45, 7) is 4.99. The lowest BCUT2D eigenvalue weighted by molar-refractivity contribution is -0.152. The molecule has 2 saturated heterocycles. The molecule has 0 bridgehead atoms. The summed E-state index contributed by atoms with van der Waals surface area (Å²) in [7, 11) is 0. The lowest BCUT2D eigenvalue weighted by Gasteiger charge is -2.37. The zero-order chi connectivity index (χ0) is 21.5. The van der Waals surface area contributed by atoms with Gasteiger partial charge in [-0.2, -0.15) is 0 Å². The van der Waals surface area contributed by atoms with Crippen LogP contribution in [0.5, 0.6) is 0 Å². The van der Waals surface area contributed by atoms with Crippen molar-refractivity contribution in [1.82, 2.24) is 9.80 Å². The Kier molecular flexibility index (Phi) is 5.99. The molecule has 30 heavy (non-hydrogen) atoms. The van der Waals surface area contributed by atoms with Crippen LogP contribution in [0.25, 0.3) is 0 Å². The first-order valence-electron chi connectivity index (χ1n) is 10.9. The number of ether oxygens (including phenoxy) is 1. The Hall–Kier alpha value is -1.80. The van der Waals surface area contributed by atoms with Crippen LogP contribution in [0, 0.1) is 11.8 Å². The van der Waals surface area contributed by atoms with Gasteiger partial charge in [0.1, 0.15) is 12.6 Å². The maximum absolute atomic E-state index is 13.8. The fraction of sp³-hybridized carbons (Fsp3) is 0.682. The molecule has 0 aliphatic carbocycles. The van der Waals surface area contributed by atoms with Crippen molar-refractivity contribution in [3.05, 3.63) is 24.3 Å². The molecule has 0 aromatic carbocycles. The molecule has 4 aliphatic rings. The van der Waals surface area contributed by atoms with E-state index in [4.69, 9.17) is 4.74 Å². The lowest BCUT2D eigenvalue weighted by atomic mass is 9.78. The van der Waals surface area contributed by atoms with Gasteiger partial charge in [0.2, 0.25) is 11.8 Å². The van der Waals surface area contributed by atoms with Crippen molar-refractivity contribution >= 4 is 29.5 Å². The van der Waals surface area contributed by atoms with Crippen molar-refractivity contribution in [3.8, 4) is 0 Å². The number of esters is 1. The van der Waals surface area contributed by atoms with E-state index in [-0.39, 0.29) is 36.2 Å². The van der Waals surface area contributed by atoms with Crippen molar-refractivity contribution in [1.29, 1.82) is 0 Å². The number of hydrogen-bond donors (Lipinski definition) is 1. The minimum Gasteiger partial charge on any atom is -0.461 e. The molecule has 0 radical (unpaired) electrons. The van der Waals surface area contributed by atoms with Crippen LogP contribution in [0.1, 0.15) is 33.1 Å². The summed E-state index contributed by atoms with van der Waals surface area (Å²) in [6.07, 6.45) is 10.7. The number of amides is 2. The fourth-order valence-electron chi connectivity index (χ4n) is 5.27. The molecule has 164 valence electrons. The number of unbranched alkanes of at least 4 members (excludes halogenated alkanes) is 2. The molecule has 0 aromatic rings. The summed E-state index contributed by atoms with van der Waals surface area (Å²) in [5.41, 5.74) is 0. The Morgan fingerprint density at radius 2 is 2.07 bits per heavy atom. The van der Waals surface area contributed by atoms with Crippen LogP contribution in [0.3, 0.4) is 0 Å². The molecular weight excluding hydrogens is 404 g/mol. The van der Waals surface area contributed by atoms with Crippen LogP contribution < -0.4 is 0 Å². The van der Waals surface area contributed by atoms with Gasteiger partial charge in [-0.15, -0.1) is 11.8 Å². The number of nitrogens with zero attached hydrogens (tertiary/aromatic N) is 2. The Bertz CT molecular complexity index is 783. The zero-order valence-corrected chi connectivity index (χ0v) is 18.3. The van der Waals surface area contributed by atoms with E-state index >= 15 is 0 Å². The van der Waals surface area contributed by atoms with E-state index in [2.05, 4.69) is 6.92 Å². The minimum absolute atomic E-state index is 0.0893. The van der Waals surface area contributed by atoms with Gasteiger partial charge in [-0.1, -0.05) is 44.1 Å². The summed E-state index contributed by atoms with van der Waals surface area (Å²) in [6, 6.07) is -1.23. The number of thioether (sulfide) groups is 1. The smallest absolute Gasteiger partial charge is 0.311 e. The third kappa shape index (κ3) is 3.19. The molecule has 1 unspecified atom stereocenters. The number of aliphatic hydroxyl groups excluding tert-OH is 1. The van der Waals surface area contributed by atoms with Gasteiger partial charge in [0.15, 0.2) is 0 Å². The van der Waals surface area contributed by atoms with Gasteiger partial charge < -0.3 is 19.6 Å². The van der Waals surface area contributed by atoms with Crippen LogP contribution in [-0.2, 0) is 19.1 Å². The molecule has 6 atom stereocenters. The van der Waals surface area contributed by atoms with Crippen LogP contribution in [0.15, 0.2) is 24.3 Å². The van der Waals surface area contributed by atoms with Crippen molar-refractivity contribution in [2.45, 2.75) is 55.2 Å². The predicted octanol–water partition coefficient (Wildman–Crippen LogP) is 1.37.